The van der Waals surface area contributed by atoms with E-state index in [-0.39, 0.29) is 10.8 Å². The van der Waals surface area contributed by atoms with Gasteiger partial charge in [0.1, 0.15) is 11.9 Å². The van der Waals surface area contributed by atoms with Crippen molar-refractivity contribution in [2.24, 2.45) is 0 Å². The quantitative estimate of drug-likeness (QED) is 0.845. The molecule has 2 heterocycles. The number of halogens is 1. The average molecular weight is 340 g/mol. The maximum Gasteiger partial charge on any atom is 0.243 e. The minimum Gasteiger partial charge on any atom is -0.341 e. The molecule has 5 nitrogen and oxygen atoms in total. The summed E-state index contributed by atoms with van der Waals surface area (Å²) in [6, 6.07) is 4.33. The first-order valence-corrected chi connectivity index (χ1v) is 9.50. The van der Waals surface area contributed by atoms with Crippen LogP contribution in [-0.2, 0) is 14.8 Å². The number of amides is 1. The lowest BCUT2D eigenvalue weighted by molar-refractivity contribution is -0.135. The molecule has 1 atom stereocenters. The Morgan fingerprint density at radius 2 is 1.78 bits per heavy atom. The summed E-state index contributed by atoms with van der Waals surface area (Å²) in [5.74, 6) is -0.701. The minimum atomic E-state index is -3.86. The molecule has 0 spiro atoms. The van der Waals surface area contributed by atoms with Crippen molar-refractivity contribution in [1.29, 1.82) is 0 Å². The molecule has 1 aromatic carbocycles. The minimum absolute atomic E-state index is 0.0846. The number of benzene rings is 1. The fourth-order valence-electron chi connectivity index (χ4n) is 3.35. The van der Waals surface area contributed by atoms with Crippen LogP contribution in [0.2, 0.25) is 0 Å². The summed E-state index contributed by atoms with van der Waals surface area (Å²) in [7, 11) is -3.86. The van der Waals surface area contributed by atoms with Crippen LogP contribution in [0, 0.1) is 5.82 Å². The first kappa shape index (κ1) is 16.4. The zero-order valence-corrected chi connectivity index (χ0v) is 13.8. The van der Waals surface area contributed by atoms with E-state index in [9.17, 15) is 17.6 Å². The van der Waals surface area contributed by atoms with Gasteiger partial charge in [0.05, 0.1) is 4.90 Å². The number of carbonyl (C=O) groups excluding carboxylic acids is 1. The molecule has 0 radical (unpaired) electrons. The Morgan fingerprint density at radius 1 is 1.09 bits per heavy atom. The van der Waals surface area contributed by atoms with Crippen molar-refractivity contribution in [3.63, 3.8) is 0 Å². The van der Waals surface area contributed by atoms with E-state index in [1.165, 1.54) is 22.5 Å². The number of likely N-dealkylation sites (tertiary alicyclic amines) is 1. The molecule has 0 saturated carbocycles. The Balaban J connectivity index is 1.89. The lowest BCUT2D eigenvalue weighted by Crippen LogP contribution is -2.52. The molecule has 2 fully saturated rings. The predicted molar refractivity (Wildman–Crippen MR) is 83.7 cm³/mol. The SMILES string of the molecule is O=C([C@@H]1CCCCN1S(=O)(=O)c1cccc(F)c1)N1CCCC1. The van der Waals surface area contributed by atoms with Crippen molar-refractivity contribution in [1.82, 2.24) is 9.21 Å². The molecular formula is C16H21FN2O3S. The van der Waals surface area contributed by atoms with E-state index in [0.717, 1.165) is 31.7 Å². The normalized spacial score (nSPS) is 23.2. The monoisotopic (exact) mass is 340 g/mol. The largest absolute Gasteiger partial charge is 0.341 e. The smallest absolute Gasteiger partial charge is 0.243 e. The molecular weight excluding hydrogens is 319 g/mol. The van der Waals surface area contributed by atoms with Gasteiger partial charge in [0, 0.05) is 19.6 Å². The standard InChI is InChI=1S/C16H21FN2O3S/c17-13-6-5-7-14(12-13)23(21,22)19-11-2-1-8-15(19)16(20)18-9-3-4-10-18/h5-7,12,15H,1-4,8-11H2/t15-/m0/s1. The van der Waals surface area contributed by atoms with E-state index < -0.39 is 21.9 Å². The van der Waals surface area contributed by atoms with E-state index in [1.54, 1.807) is 4.90 Å². The summed E-state index contributed by atoms with van der Waals surface area (Å²) < 4.78 is 40.4. The van der Waals surface area contributed by atoms with Crippen molar-refractivity contribution in [3.8, 4) is 0 Å². The van der Waals surface area contributed by atoms with Crippen LogP contribution >= 0.6 is 0 Å². The zero-order valence-electron chi connectivity index (χ0n) is 12.9. The van der Waals surface area contributed by atoms with Gasteiger partial charge in [0.25, 0.3) is 0 Å². The first-order valence-electron chi connectivity index (χ1n) is 8.06. The lowest BCUT2D eigenvalue weighted by atomic mass is 10.0. The second-order valence-electron chi connectivity index (χ2n) is 6.12. The van der Waals surface area contributed by atoms with Crippen LogP contribution in [0.4, 0.5) is 4.39 Å². The van der Waals surface area contributed by atoms with E-state index in [0.29, 0.717) is 26.1 Å². The van der Waals surface area contributed by atoms with Crippen LogP contribution in [0.3, 0.4) is 0 Å². The number of rotatable bonds is 3. The molecule has 23 heavy (non-hydrogen) atoms. The molecule has 126 valence electrons. The number of piperidine rings is 1. The summed E-state index contributed by atoms with van der Waals surface area (Å²) in [4.78, 5) is 14.4. The summed E-state index contributed by atoms with van der Waals surface area (Å²) in [6.45, 7) is 1.70. The van der Waals surface area contributed by atoms with Crippen LogP contribution in [0.5, 0.6) is 0 Å². The zero-order chi connectivity index (χ0) is 16.4. The molecule has 0 N–H and O–H groups in total. The third-order valence-corrected chi connectivity index (χ3v) is 6.46. The number of carbonyl (C=O) groups is 1. The molecule has 1 aromatic rings. The molecule has 2 aliphatic heterocycles. The van der Waals surface area contributed by atoms with Crippen molar-refractivity contribution in [2.45, 2.75) is 43.0 Å². The highest BCUT2D eigenvalue weighted by molar-refractivity contribution is 7.89. The Kier molecular flexibility index (Phi) is 4.68. The fraction of sp³-hybridized carbons (Fsp3) is 0.562. The van der Waals surface area contributed by atoms with Gasteiger partial charge in [-0.2, -0.15) is 4.31 Å². The Bertz CT molecular complexity index is 686. The molecule has 0 aliphatic carbocycles. The molecule has 3 rings (SSSR count). The van der Waals surface area contributed by atoms with E-state index in [1.807, 2.05) is 0 Å². The maximum absolute atomic E-state index is 13.4. The van der Waals surface area contributed by atoms with E-state index in [4.69, 9.17) is 0 Å². The molecule has 0 aromatic heterocycles. The Labute approximate surface area is 136 Å². The van der Waals surface area contributed by atoms with Gasteiger partial charge < -0.3 is 4.90 Å². The summed E-state index contributed by atoms with van der Waals surface area (Å²) >= 11 is 0. The molecule has 0 unspecified atom stereocenters. The highest BCUT2D eigenvalue weighted by Crippen LogP contribution is 2.27. The van der Waals surface area contributed by atoms with Crippen molar-refractivity contribution in [2.75, 3.05) is 19.6 Å². The van der Waals surface area contributed by atoms with Gasteiger partial charge in [-0.25, -0.2) is 12.8 Å². The molecule has 2 saturated heterocycles. The molecule has 7 heteroatoms. The van der Waals surface area contributed by atoms with Crippen molar-refractivity contribution < 1.29 is 17.6 Å². The molecule has 1 amide bonds. The van der Waals surface area contributed by atoms with E-state index in [2.05, 4.69) is 0 Å². The number of sulfonamides is 1. The van der Waals surface area contributed by atoms with Gasteiger partial charge in [0.15, 0.2) is 0 Å². The molecule has 2 aliphatic rings. The maximum atomic E-state index is 13.4. The van der Waals surface area contributed by atoms with Crippen LogP contribution in [-0.4, -0.2) is 49.2 Å². The van der Waals surface area contributed by atoms with Gasteiger partial charge in [-0.15, -0.1) is 0 Å². The average Bonchev–Trinajstić information content (AvgIpc) is 3.08. The van der Waals surface area contributed by atoms with Crippen LogP contribution in [0.15, 0.2) is 29.2 Å². The predicted octanol–water partition coefficient (Wildman–Crippen LogP) is 1.99. The first-order chi connectivity index (χ1) is 11.0. The van der Waals surface area contributed by atoms with Gasteiger partial charge in [-0.3, -0.25) is 4.79 Å². The number of nitrogens with zero attached hydrogens (tertiary/aromatic N) is 2. The highest BCUT2D eigenvalue weighted by Gasteiger charge is 2.39. The number of hydrogen-bond donors (Lipinski definition) is 0. The fourth-order valence-corrected chi connectivity index (χ4v) is 5.03. The Morgan fingerprint density at radius 3 is 2.48 bits per heavy atom. The third-order valence-electron chi connectivity index (χ3n) is 4.56. The Hall–Kier alpha value is -1.47. The molecule has 0 bridgehead atoms. The van der Waals surface area contributed by atoms with Gasteiger partial charge >= 0.3 is 0 Å². The third kappa shape index (κ3) is 3.26. The van der Waals surface area contributed by atoms with Crippen LogP contribution in [0.1, 0.15) is 32.1 Å². The second-order valence-corrected chi connectivity index (χ2v) is 8.01. The van der Waals surface area contributed by atoms with Gasteiger partial charge in [-0.1, -0.05) is 12.5 Å². The highest BCUT2D eigenvalue weighted by atomic mass is 32.2. The van der Waals surface area contributed by atoms with Crippen LogP contribution < -0.4 is 0 Å². The van der Waals surface area contributed by atoms with Crippen LogP contribution in [0.25, 0.3) is 0 Å². The summed E-state index contributed by atoms with van der Waals surface area (Å²) in [6.07, 6.45) is 4.02. The topological polar surface area (TPSA) is 57.7 Å². The summed E-state index contributed by atoms with van der Waals surface area (Å²) in [5.41, 5.74) is 0. The van der Waals surface area contributed by atoms with E-state index >= 15 is 0 Å². The number of hydrogen-bond acceptors (Lipinski definition) is 3. The summed E-state index contributed by atoms with van der Waals surface area (Å²) in [5, 5.41) is 0. The van der Waals surface area contributed by atoms with Crippen molar-refractivity contribution >= 4 is 15.9 Å². The van der Waals surface area contributed by atoms with Gasteiger partial charge in [0.2, 0.25) is 15.9 Å². The van der Waals surface area contributed by atoms with Crippen molar-refractivity contribution in [3.05, 3.63) is 30.1 Å². The van der Waals surface area contributed by atoms with Gasteiger partial charge in [-0.05, 0) is 43.9 Å². The lowest BCUT2D eigenvalue weighted by Gasteiger charge is -2.35. The second kappa shape index (κ2) is 6.57.